The fraction of sp³-hybridized carbons (Fsp3) is 0.312. The van der Waals surface area contributed by atoms with Crippen LogP contribution in [0.4, 0.5) is 5.69 Å². The first-order valence-electron chi connectivity index (χ1n) is 6.47. The predicted octanol–water partition coefficient (Wildman–Crippen LogP) is 5.23. The number of nitrogens with one attached hydrogen (secondary N) is 1. The van der Waals surface area contributed by atoms with E-state index >= 15 is 0 Å². The van der Waals surface area contributed by atoms with Gasteiger partial charge in [0.2, 0.25) is 0 Å². The van der Waals surface area contributed by atoms with Crippen LogP contribution in [0, 0.1) is 5.41 Å². The zero-order valence-corrected chi connectivity index (χ0v) is 13.1. The molecule has 20 heavy (non-hydrogen) atoms. The van der Waals surface area contributed by atoms with Crippen LogP contribution in [0.5, 0.6) is 0 Å². The van der Waals surface area contributed by atoms with Crippen LogP contribution in [0.3, 0.4) is 0 Å². The van der Waals surface area contributed by atoms with Crippen LogP contribution in [0.15, 0.2) is 42.1 Å². The molecule has 2 nitrogen and oxygen atoms in total. The lowest BCUT2D eigenvalue weighted by atomic mass is 9.77. The highest BCUT2D eigenvalue weighted by molar-refractivity contribution is 6.35. The summed E-state index contributed by atoms with van der Waals surface area (Å²) < 4.78 is 0. The lowest BCUT2D eigenvalue weighted by Crippen LogP contribution is -2.21. The second-order valence-corrected chi connectivity index (χ2v) is 6.71. The average Bonchev–Trinajstić information content (AvgIpc) is 2.24. The molecule has 0 bridgehead atoms. The third kappa shape index (κ3) is 4.39. The minimum atomic E-state index is 0.0326. The number of benzene rings is 1. The van der Waals surface area contributed by atoms with Crippen molar-refractivity contribution in [2.75, 3.05) is 5.32 Å². The lowest BCUT2D eigenvalue weighted by Gasteiger charge is -2.27. The van der Waals surface area contributed by atoms with Crippen molar-refractivity contribution in [3.05, 3.63) is 52.2 Å². The Balaban J connectivity index is 2.05. The van der Waals surface area contributed by atoms with E-state index in [1.165, 1.54) is 0 Å². The number of ketones is 1. The SMILES string of the molecule is CC1(C)CC(=O)C=C(/C=C/Nc2cc(Cl)cc(Cl)c2)C1. The molecule has 0 aliphatic heterocycles. The Labute approximate surface area is 129 Å². The maximum atomic E-state index is 11.6. The molecular formula is C16H17Cl2NO. The van der Waals surface area contributed by atoms with Gasteiger partial charge in [-0.2, -0.15) is 0 Å². The first-order chi connectivity index (χ1) is 9.34. The molecule has 106 valence electrons. The zero-order valence-electron chi connectivity index (χ0n) is 11.5. The van der Waals surface area contributed by atoms with E-state index in [1.807, 2.05) is 12.3 Å². The van der Waals surface area contributed by atoms with Gasteiger partial charge in [-0.15, -0.1) is 0 Å². The van der Waals surface area contributed by atoms with Gasteiger partial charge in [0.15, 0.2) is 5.78 Å². The Kier molecular flexibility index (Phi) is 4.56. The zero-order chi connectivity index (χ0) is 14.8. The fourth-order valence-corrected chi connectivity index (χ4v) is 2.91. The van der Waals surface area contributed by atoms with E-state index in [2.05, 4.69) is 19.2 Å². The monoisotopic (exact) mass is 309 g/mol. The van der Waals surface area contributed by atoms with Gasteiger partial charge in [-0.3, -0.25) is 4.79 Å². The molecule has 1 aromatic carbocycles. The number of anilines is 1. The first-order valence-corrected chi connectivity index (χ1v) is 7.22. The number of allylic oxidation sites excluding steroid dienone is 3. The minimum Gasteiger partial charge on any atom is -0.362 e. The van der Waals surface area contributed by atoms with Crippen LogP contribution in [0.2, 0.25) is 10.0 Å². The molecule has 0 saturated carbocycles. The molecule has 4 heteroatoms. The van der Waals surface area contributed by atoms with E-state index in [-0.39, 0.29) is 11.2 Å². The Morgan fingerprint density at radius 1 is 1.15 bits per heavy atom. The highest BCUT2D eigenvalue weighted by Crippen LogP contribution is 2.34. The molecule has 0 saturated heterocycles. The van der Waals surface area contributed by atoms with Gasteiger partial charge < -0.3 is 5.32 Å². The molecule has 0 heterocycles. The van der Waals surface area contributed by atoms with Crippen molar-refractivity contribution in [3.8, 4) is 0 Å². The number of halogens is 2. The maximum absolute atomic E-state index is 11.6. The topological polar surface area (TPSA) is 29.1 Å². The third-order valence-electron chi connectivity index (χ3n) is 3.09. The quantitative estimate of drug-likeness (QED) is 0.827. The van der Waals surface area contributed by atoms with E-state index in [4.69, 9.17) is 23.2 Å². The second kappa shape index (κ2) is 6.02. The summed E-state index contributed by atoms with van der Waals surface area (Å²) in [5, 5.41) is 4.28. The number of carbonyl (C=O) groups is 1. The van der Waals surface area contributed by atoms with Crippen molar-refractivity contribution in [2.24, 2.45) is 5.41 Å². The second-order valence-electron chi connectivity index (χ2n) is 5.84. The number of hydrogen-bond donors (Lipinski definition) is 1. The number of hydrogen-bond acceptors (Lipinski definition) is 2. The first kappa shape index (κ1) is 15.1. The van der Waals surface area contributed by atoms with Gasteiger partial charge in [0, 0.05) is 28.4 Å². The predicted molar refractivity (Wildman–Crippen MR) is 85.3 cm³/mol. The fourth-order valence-electron chi connectivity index (χ4n) is 2.38. The molecule has 1 N–H and O–H groups in total. The summed E-state index contributed by atoms with van der Waals surface area (Å²) in [6, 6.07) is 5.27. The summed E-state index contributed by atoms with van der Waals surface area (Å²) in [5.74, 6) is 0.187. The van der Waals surface area contributed by atoms with Gasteiger partial charge >= 0.3 is 0 Å². The molecule has 0 amide bonds. The van der Waals surface area contributed by atoms with Gasteiger partial charge in [0.25, 0.3) is 0 Å². The van der Waals surface area contributed by atoms with Crippen molar-refractivity contribution in [1.29, 1.82) is 0 Å². The molecular weight excluding hydrogens is 293 g/mol. The highest BCUT2D eigenvalue weighted by Gasteiger charge is 2.26. The summed E-state index contributed by atoms with van der Waals surface area (Å²) in [6.07, 6.45) is 6.96. The summed E-state index contributed by atoms with van der Waals surface area (Å²) in [4.78, 5) is 11.6. The van der Waals surface area contributed by atoms with Crippen molar-refractivity contribution in [3.63, 3.8) is 0 Å². The smallest absolute Gasteiger partial charge is 0.156 e. The van der Waals surface area contributed by atoms with Crippen LogP contribution in [0.1, 0.15) is 26.7 Å². The van der Waals surface area contributed by atoms with Gasteiger partial charge in [0.05, 0.1) is 0 Å². The standard InChI is InChI=1S/C16H17Cl2NO/c1-16(2)9-11(5-15(20)10-16)3-4-19-14-7-12(17)6-13(18)8-14/h3-8,19H,9-10H2,1-2H3/b4-3+. The normalized spacial score (nSPS) is 18.2. The molecule has 1 aromatic rings. The van der Waals surface area contributed by atoms with Crippen LogP contribution in [0.25, 0.3) is 0 Å². The van der Waals surface area contributed by atoms with E-state index in [0.29, 0.717) is 16.5 Å². The van der Waals surface area contributed by atoms with E-state index < -0.39 is 0 Å². The van der Waals surface area contributed by atoms with Crippen molar-refractivity contribution >= 4 is 34.7 Å². The molecule has 0 fully saturated rings. The molecule has 1 aliphatic carbocycles. The Hall–Kier alpha value is -1.25. The number of rotatable bonds is 3. The molecule has 0 aromatic heterocycles. The molecule has 1 aliphatic rings. The van der Waals surface area contributed by atoms with Crippen molar-refractivity contribution in [1.82, 2.24) is 0 Å². The summed E-state index contributed by atoms with van der Waals surface area (Å²) >= 11 is 11.9. The van der Waals surface area contributed by atoms with Crippen LogP contribution < -0.4 is 5.32 Å². The van der Waals surface area contributed by atoms with Crippen molar-refractivity contribution < 1.29 is 4.79 Å². The van der Waals surface area contributed by atoms with Gasteiger partial charge in [-0.25, -0.2) is 0 Å². The van der Waals surface area contributed by atoms with E-state index in [1.54, 1.807) is 24.3 Å². The largest absolute Gasteiger partial charge is 0.362 e. The number of carbonyl (C=O) groups excluding carboxylic acids is 1. The Morgan fingerprint density at radius 3 is 2.40 bits per heavy atom. The molecule has 0 unspecified atom stereocenters. The molecule has 0 spiro atoms. The lowest BCUT2D eigenvalue weighted by molar-refractivity contribution is -0.116. The van der Waals surface area contributed by atoms with Crippen LogP contribution >= 0.6 is 23.2 Å². The third-order valence-corrected chi connectivity index (χ3v) is 3.53. The maximum Gasteiger partial charge on any atom is 0.156 e. The summed E-state index contributed by atoms with van der Waals surface area (Å²) in [6.45, 7) is 4.21. The molecule has 0 atom stereocenters. The average molecular weight is 310 g/mol. The Morgan fingerprint density at radius 2 is 1.80 bits per heavy atom. The van der Waals surface area contributed by atoms with E-state index in [9.17, 15) is 4.79 Å². The molecule has 0 radical (unpaired) electrons. The van der Waals surface area contributed by atoms with E-state index in [0.717, 1.165) is 17.7 Å². The summed E-state index contributed by atoms with van der Waals surface area (Å²) in [5.41, 5.74) is 1.89. The van der Waals surface area contributed by atoms with Gasteiger partial charge in [-0.1, -0.05) is 37.0 Å². The van der Waals surface area contributed by atoms with Gasteiger partial charge in [-0.05, 0) is 47.8 Å². The van der Waals surface area contributed by atoms with Gasteiger partial charge in [0.1, 0.15) is 0 Å². The Bertz CT molecular complexity index is 568. The molecule has 2 rings (SSSR count). The minimum absolute atomic E-state index is 0.0326. The summed E-state index contributed by atoms with van der Waals surface area (Å²) in [7, 11) is 0. The van der Waals surface area contributed by atoms with Crippen LogP contribution in [-0.2, 0) is 4.79 Å². The van der Waals surface area contributed by atoms with Crippen molar-refractivity contribution in [2.45, 2.75) is 26.7 Å². The highest BCUT2D eigenvalue weighted by atomic mass is 35.5. The van der Waals surface area contributed by atoms with Crippen LogP contribution in [-0.4, -0.2) is 5.78 Å².